The Morgan fingerprint density at radius 3 is 2.81 bits per heavy atom. The Morgan fingerprint density at radius 1 is 1.33 bits per heavy atom. The van der Waals surface area contributed by atoms with Crippen molar-refractivity contribution in [2.24, 2.45) is 0 Å². The van der Waals surface area contributed by atoms with Gasteiger partial charge in [0.25, 0.3) is 0 Å². The molecule has 1 aromatic carbocycles. The minimum atomic E-state index is -3.54. The van der Waals surface area contributed by atoms with Gasteiger partial charge in [0.05, 0.1) is 30.8 Å². The van der Waals surface area contributed by atoms with E-state index in [2.05, 4.69) is 10.0 Å². The Morgan fingerprint density at radius 2 is 2.14 bits per heavy atom. The maximum absolute atomic E-state index is 12.4. The van der Waals surface area contributed by atoms with Crippen molar-refractivity contribution in [2.45, 2.75) is 24.5 Å². The molecule has 0 saturated carbocycles. The van der Waals surface area contributed by atoms with E-state index in [4.69, 9.17) is 9.47 Å². The molecule has 0 amide bonds. The number of sulfonamides is 1. The van der Waals surface area contributed by atoms with Gasteiger partial charge in [0.2, 0.25) is 10.0 Å². The van der Waals surface area contributed by atoms with Gasteiger partial charge in [0.15, 0.2) is 0 Å². The van der Waals surface area contributed by atoms with Crippen molar-refractivity contribution in [1.29, 1.82) is 0 Å². The summed E-state index contributed by atoms with van der Waals surface area (Å²) in [5.74, 6) is 0. The van der Waals surface area contributed by atoms with Crippen molar-refractivity contribution in [2.75, 3.05) is 33.4 Å². The van der Waals surface area contributed by atoms with E-state index in [0.717, 1.165) is 11.1 Å². The first-order valence-corrected chi connectivity index (χ1v) is 8.45. The summed E-state index contributed by atoms with van der Waals surface area (Å²) in [6.07, 6.45) is -0.227. The van der Waals surface area contributed by atoms with Crippen molar-refractivity contribution in [3.63, 3.8) is 0 Å². The summed E-state index contributed by atoms with van der Waals surface area (Å²) in [6.45, 7) is 4.16. The lowest BCUT2D eigenvalue weighted by Gasteiger charge is -2.23. The van der Waals surface area contributed by atoms with Gasteiger partial charge in [-0.25, -0.2) is 13.1 Å². The van der Waals surface area contributed by atoms with Crippen LogP contribution in [0.1, 0.15) is 11.1 Å². The number of ether oxygens (including phenoxy) is 2. The molecule has 1 unspecified atom stereocenters. The molecule has 0 aliphatic carbocycles. The lowest BCUT2D eigenvalue weighted by molar-refractivity contribution is -0.0846. The molecule has 1 aromatic rings. The first-order chi connectivity index (χ1) is 10.0. The predicted octanol–water partition coefficient (Wildman–Crippen LogP) is 0.408. The zero-order valence-corrected chi connectivity index (χ0v) is 13.2. The molecule has 0 spiro atoms. The minimum absolute atomic E-state index is 0.220. The van der Waals surface area contributed by atoms with E-state index in [1.54, 1.807) is 12.1 Å². The van der Waals surface area contributed by atoms with E-state index < -0.39 is 10.0 Å². The molecule has 1 fully saturated rings. The van der Waals surface area contributed by atoms with Gasteiger partial charge < -0.3 is 14.8 Å². The molecular weight excluding hydrogens is 292 g/mol. The second kappa shape index (κ2) is 7.33. The van der Waals surface area contributed by atoms with Crippen LogP contribution >= 0.6 is 0 Å². The summed E-state index contributed by atoms with van der Waals surface area (Å²) in [6, 6.07) is 5.30. The zero-order valence-electron chi connectivity index (χ0n) is 12.4. The molecule has 1 heterocycles. The largest absolute Gasteiger partial charge is 0.376 e. The first-order valence-electron chi connectivity index (χ1n) is 6.96. The second-order valence-electron chi connectivity index (χ2n) is 4.99. The topological polar surface area (TPSA) is 76.7 Å². The molecule has 1 aliphatic heterocycles. The molecule has 2 N–H and O–H groups in total. The van der Waals surface area contributed by atoms with Gasteiger partial charge in [-0.2, -0.15) is 0 Å². The first kappa shape index (κ1) is 16.4. The van der Waals surface area contributed by atoms with Crippen LogP contribution in [0, 0.1) is 6.92 Å². The van der Waals surface area contributed by atoms with Gasteiger partial charge >= 0.3 is 0 Å². The summed E-state index contributed by atoms with van der Waals surface area (Å²) < 4.78 is 38.1. The van der Waals surface area contributed by atoms with Crippen LogP contribution in [-0.2, 0) is 26.0 Å². The highest BCUT2D eigenvalue weighted by atomic mass is 32.2. The van der Waals surface area contributed by atoms with Crippen LogP contribution < -0.4 is 10.0 Å². The van der Waals surface area contributed by atoms with Gasteiger partial charge in [-0.15, -0.1) is 0 Å². The average Bonchev–Trinajstić information content (AvgIpc) is 2.48. The van der Waals surface area contributed by atoms with Gasteiger partial charge in [0, 0.05) is 13.1 Å². The molecule has 1 aliphatic rings. The lowest BCUT2D eigenvalue weighted by Crippen LogP contribution is -2.39. The van der Waals surface area contributed by atoms with E-state index in [-0.39, 0.29) is 12.6 Å². The van der Waals surface area contributed by atoms with Crippen molar-refractivity contribution in [1.82, 2.24) is 10.0 Å². The van der Waals surface area contributed by atoms with E-state index in [0.29, 0.717) is 31.3 Å². The van der Waals surface area contributed by atoms with Crippen LogP contribution in [-0.4, -0.2) is 47.9 Å². The number of nitrogens with one attached hydrogen (secondary N) is 2. The van der Waals surface area contributed by atoms with Crippen molar-refractivity contribution in [3.8, 4) is 0 Å². The standard InChI is InChI=1S/C14H22N2O4S/c1-11-12(8-15-2)4-3-5-14(11)21(17,18)16-9-13-10-19-6-7-20-13/h3-5,13,15-16H,6-10H2,1-2H3. The summed E-state index contributed by atoms with van der Waals surface area (Å²) in [7, 11) is -1.71. The Hall–Kier alpha value is -0.990. The normalized spacial score (nSPS) is 19.6. The molecule has 7 heteroatoms. The Bertz CT molecular complexity index is 568. The van der Waals surface area contributed by atoms with E-state index in [1.165, 1.54) is 0 Å². The lowest BCUT2D eigenvalue weighted by atomic mass is 10.1. The third kappa shape index (κ3) is 4.24. The molecule has 1 saturated heterocycles. The van der Waals surface area contributed by atoms with E-state index in [1.807, 2.05) is 20.0 Å². The number of rotatable bonds is 6. The van der Waals surface area contributed by atoms with Crippen molar-refractivity contribution in [3.05, 3.63) is 29.3 Å². The molecule has 1 atom stereocenters. The van der Waals surface area contributed by atoms with Crippen LogP contribution in [0.4, 0.5) is 0 Å². The third-order valence-corrected chi connectivity index (χ3v) is 5.01. The Labute approximate surface area is 125 Å². The van der Waals surface area contributed by atoms with Gasteiger partial charge in [-0.3, -0.25) is 0 Å². The van der Waals surface area contributed by atoms with Crippen molar-refractivity contribution < 1.29 is 17.9 Å². The van der Waals surface area contributed by atoms with E-state index in [9.17, 15) is 8.42 Å². The SMILES string of the molecule is CNCc1cccc(S(=O)(=O)NCC2COCCO2)c1C. The van der Waals surface area contributed by atoms with Gasteiger partial charge in [-0.05, 0) is 31.2 Å². The molecule has 21 heavy (non-hydrogen) atoms. The molecular formula is C14H22N2O4S. The Kier molecular flexibility index (Phi) is 5.72. The molecule has 6 nitrogen and oxygen atoms in total. The highest BCUT2D eigenvalue weighted by Gasteiger charge is 2.21. The zero-order chi connectivity index (χ0) is 15.3. The molecule has 0 bridgehead atoms. The minimum Gasteiger partial charge on any atom is -0.376 e. The van der Waals surface area contributed by atoms with Crippen LogP contribution in [0.5, 0.6) is 0 Å². The highest BCUT2D eigenvalue weighted by molar-refractivity contribution is 7.89. The molecule has 0 aromatic heterocycles. The average molecular weight is 314 g/mol. The molecule has 0 radical (unpaired) electrons. The number of hydrogen-bond acceptors (Lipinski definition) is 5. The van der Waals surface area contributed by atoms with Crippen LogP contribution in [0.2, 0.25) is 0 Å². The number of hydrogen-bond donors (Lipinski definition) is 2. The second-order valence-corrected chi connectivity index (χ2v) is 6.73. The smallest absolute Gasteiger partial charge is 0.240 e. The molecule has 2 rings (SSSR count). The third-order valence-electron chi connectivity index (χ3n) is 3.44. The van der Waals surface area contributed by atoms with Crippen LogP contribution in [0.3, 0.4) is 0 Å². The number of benzene rings is 1. The summed E-state index contributed by atoms with van der Waals surface area (Å²) in [5.41, 5.74) is 1.73. The van der Waals surface area contributed by atoms with Crippen LogP contribution in [0.15, 0.2) is 23.1 Å². The molecule has 118 valence electrons. The Balaban J connectivity index is 2.09. The maximum atomic E-state index is 12.4. The van der Waals surface area contributed by atoms with E-state index >= 15 is 0 Å². The van der Waals surface area contributed by atoms with Gasteiger partial charge in [-0.1, -0.05) is 12.1 Å². The monoisotopic (exact) mass is 314 g/mol. The van der Waals surface area contributed by atoms with Crippen molar-refractivity contribution >= 4 is 10.0 Å². The maximum Gasteiger partial charge on any atom is 0.240 e. The fourth-order valence-corrected chi connectivity index (χ4v) is 3.62. The fraction of sp³-hybridized carbons (Fsp3) is 0.571. The highest BCUT2D eigenvalue weighted by Crippen LogP contribution is 2.19. The van der Waals surface area contributed by atoms with Gasteiger partial charge in [0.1, 0.15) is 0 Å². The quantitative estimate of drug-likeness (QED) is 0.795. The summed E-state index contributed by atoms with van der Waals surface area (Å²) in [4.78, 5) is 0.312. The predicted molar refractivity (Wildman–Crippen MR) is 79.7 cm³/mol. The van der Waals surface area contributed by atoms with Crippen LogP contribution in [0.25, 0.3) is 0 Å². The summed E-state index contributed by atoms with van der Waals surface area (Å²) in [5, 5.41) is 3.04. The summed E-state index contributed by atoms with van der Waals surface area (Å²) >= 11 is 0. The fourth-order valence-electron chi connectivity index (χ4n) is 2.27.